The van der Waals surface area contributed by atoms with Crippen LogP contribution in [-0.2, 0) is 14.8 Å². The van der Waals surface area contributed by atoms with E-state index in [0.717, 1.165) is 11.3 Å². The van der Waals surface area contributed by atoms with E-state index in [1.54, 1.807) is 26.0 Å². The molecule has 2 rings (SSSR count). The van der Waals surface area contributed by atoms with Crippen LogP contribution in [0.25, 0.3) is 0 Å². The number of carbonyl (C=O) groups excluding carboxylic acids is 2. The van der Waals surface area contributed by atoms with E-state index in [1.165, 1.54) is 24.3 Å². The van der Waals surface area contributed by atoms with Crippen molar-refractivity contribution >= 4 is 44.7 Å². The van der Waals surface area contributed by atoms with Crippen molar-refractivity contribution in [3.8, 4) is 0 Å². The SMILES string of the molecule is CC(C)NS(=O)(=O)c1cccc(C(=O)OCC(=O)c2ccc(Cl)s2)c1. The Balaban J connectivity index is 2.07. The van der Waals surface area contributed by atoms with E-state index in [4.69, 9.17) is 16.3 Å². The van der Waals surface area contributed by atoms with Crippen molar-refractivity contribution in [1.82, 2.24) is 4.72 Å². The predicted octanol–water partition coefficient (Wildman–Crippen LogP) is 3.13. The van der Waals surface area contributed by atoms with Gasteiger partial charge in [0.1, 0.15) is 0 Å². The molecule has 0 fully saturated rings. The summed E-state index contributed by atoms with van der Waals surface area (Å²) in [5.74, 6) is -1.16. The highest BCUT2D eigenvalue weighted by atomic mass is 35.5. The van der Waals surface area contributed by atoms with E-state index in [0.29, 0.717) is 9.21 Å². The molecule has 0 unspecified atom stereocenters. The first-order valence-electron chi connectivity index (χ1n) is 7.27. The lowest BCUT2D eigenvalue weighted by Crippen LogP contribution is -2.30. The average Bonchev–Trinajstić information content (AvgIpc) is 2.98. The van der Waals surface area contributed by atoms with Crippen LogP contribution in [0, 0.1) is 0 Å². The number of sulfonamides is 1. The number of benzene rings is 1. The van der Waals surface area contributed by atoms with Crippen LogP contribution in [0.1, 0.15) is 33.9 Å². The van der Waals surface area contributed by atoms with Crippen LogP contribution >= 0.6 is 22.9 Å². The number of thiophene rings is 1. The number of hydrogen-bond acceptors (Lipinski definition) is 6. The molecule has 134 valence electrons. The fourth-order valence-corrected chi connectivity index (χ4v) is 4.18. The van der Waals surface area contributed by atoms with Gasteiger partial charge in [-0.25, -0.2) is 17.9 Å². The monoisotopic (exact) mass is 401 g/mol. The number of Topliss-reactive ketones (excluding diaryl/α,β-unsaturated/α-hetero) is 1. The number of esters is 1. The van der Waals surface area contributed by atoms with Gasteiger partial charge in [0, 0.05) is 6.04 Å². The third-order valence-electron chi connectivity index (χ3n) is 2.95. The van der Waals surface area contributed by atoms with Crippen LogP contribution in [0.15, 0.2) is 41.3 Å². The molecule has 1 heterocycles. The van der Waals surface area contributed by atoms with Crippen molar-refractivity contribution in [2.24, 2.45) is 0 Å². The maximum absolute atomic E-state index is 12.1. The lowest BCUT2D eigenvalue weighted by Gasteiger charge is -2.10. The maximum atomic E-state index is 12.1. The number of ketones is 1. The van der Waals surface area contributed by atoms with E-state index in [2.05, 4.69) is 4.72 Å². The Hall–Kier alpha value is -1.74. The Bertz CT molecular complexity index is 889. The molecule has 1 aromatic heterocycles. The normalized spacial score (nSPS) is 11.5. The summed E-state index contributed by atoms with van der Waals surface area (Å²) < 4.78 is 32.1. The van der Waals surface area contributed by atoms with E-state index < -0.39 is 22.6 Å². The van der Waals surface area contributed by atoms with Crippen LogP contribution in [0.4, 0.5) is 0 Å². The summed E-state index contributed by atoms with van der Waals surface area (Å²) in [6, 6.07) is 8.29. The van der Waals surface area contributed by atoms with Gasteiger partial charge in [-0.1, -0.05) is 17.7 Å². The molecule has 0 radical (unpaired) electrons. The summed E-state index contributed by atoms with van der Waals surface area (Å²) in [4.78, 5) is 24.3. The Morgan fingerprint density at radius 1 is 1.24 bits per heavy atom. The fourth-order valence-electron chi connectivity index (χ4n) is 1.92. The van der Waals surface area contributed by atoms with E-state index in [-0.39, 0.29) is 22.3 Å². The van der Waals surface area contributed by atoms with Crippen LogP contribution in [0.2, 0.25) is 4.34 Å². The third kappa shape index (κ3) is 5.37. The van der Waals surface area contributed by atoms with Crippen LogP contribution < -0.4 is 4.72 Å². The molecule has 0 saturated heterocycles. The predicted molar refractivity (Wildman–Crippen MR) is 95.8 cm³/mol. The second-order valence-corrected chi connectivity index (χ2v) is 8.84. The van der Waals surface area contributed by atoms with Crippen LogP contribution in [0.3, 0.4) is 0 Å². The fraction of sp³-hybridized carbons (Fsp3) is 0.250. The minimum Gasteiger partial charge on any atom is -0.454 e. The van der Waals surface area contributed by atoms with Gasteiger partial charge in [-0.15, -0.1) is 11.3 Å². The molecule has 25 heavy (non-hydrogen) atoms. The van der Waals surface area contributed by atoms with E-state index in [1.807, 2.05) is 0 Å². The molecule has 0 spiro atoms. The summed E-state index contributed by atoms with van der Waals surface area (Å²) >= 11 is 6.85. The first kappa shape index (κ1) is 19.6. The molecular weight excluding hydrogens is 386 g/mol. The molecule has 6 nitrogen and oxygen atoms in total. The van der Waals surface area contributed by atoms with Gasteiger partial charge >= 0.3 is 5.97 Å². The Kier molecular flexibility index (Phi) is 6.34. The maximum Gasteiger partial charge on any atom is 0.338 e. The smallest absolute Gasteiger partial charge is 0.338 e. The first-order valence-corrected chi connectivity index (χ1v) is 9.95. The average molecular weight is 402 g/mol. The Morgan fingerprint density at radius 3 is 2.56 bits per heavy atom. The molecule has 0 aliphatic rings. The molecule has 0 aliphatic heterocycles. The molecule has 2 aromatic rings. The van der Waals surface area contributed by atoms with Crippen molar-refractivity contribution in [2.45, 2.75) is 24.8 Å². The van der Waals surface area contributed by atoms with Gasteiger partial charge in [0.2, 0.25) is 15.8 Å². The van der Waals surface area contributed by atoms with Crippen molar-refractivity contribution in [2.75, 3.05) is 6.61 Å². The zero-order valence-corrected chi connectivity index (χ0v) is 15.9. The minimum absolute atomic E-state index is 0.0450. The third-order valence-corrected chi connectivity index (χ3v) is 5.88. The van der Waals surface area contributed by atoms with Crippen molar-refractivity contribution < 1.29 is 22.7 Å². The molecular formula is C16H16ClNO5S2. The number of halogens is 1. The number of rotatable bonds is 7. The highest BCUT2D eigenvalue weighted by Crippen LogP contribution is 2.22. The lowest BCUT2D eigenvalue weighted by molar-refractivity contribution is 0.0475. The van der Waals surface area contributed by atoms with Gasteiger partial charge in [0.05, 0.1) is 19.7 Å². The summed E-state index contributed by atoms with van der Waals surface area (Å²) in [5.41, 5.74) is 0.0450. The summed E-state index contributed by atoms with van der Waals surface area (Å²) in [7, 11) is -3.72. The van der Waals surface area contributed by atoms with Crippen molar-refractivity contribution in [3.05, 3.63) is 51.2 Å². The second kappa shape index (κ2) is 8.09. The number of nitrogens with one attached hydrogen (secondary N) is 1. The molecule has 0 aliphatic carbocycles. The van der Waals surface area contributed by atoms with Crippen molar-refractivity contribution in [3.63, 3.8) is 0 Å². The molecule has 0 atom stereocenters. The van der Waals surface area contributed by atoms with Gasteiger partial charge in [-0.2, -0.15) is 0 Å². The topological polar surface area (TPSA) is 89.5 Å². The van der Waals surface area contributed by atoms with Crippen LogP contribution in [-0.4, -0.2) is 32.8 Å². The Labute approximate surface area is 154 Å². The van der Waals surface area contributed by atoms with Crippen LogP contribution in [0.5, 0.6) is 0 Å². The minimum atomic E-state index is -3.72. The molecule has 1 N–H and O–H groups in total. The standard InChI is InChI=1S/C16H16ClNO5S2/c1-10(2)18-25(21,22)12-5-3-4-11(8-12)16(20)23-9-13(19)14-6-7-15(17)24-14/h3-8,10,18H,9H2,1-2H3. The number of ether oxygens (including phenoxy) is 1. The van der Waals surface area contributed by atoms with E-state index >= 15 is 0 Å². The molecule has 1 aromatic carbocycles. The van der Waals surface area contributed by atoms with Gasteiger partial charge < -0.3 is 4.74 Å². The molecule has 0 bridgehead atoms. The summed E-state index contributed by atoms with van der Waals surface area (Å²) in [5, 5.41) is 0. The largest absolute Gasteiger partial charge is 0.454 e. The van der Waals surface area contributed by atoms with Gasteiger partial charge in [0.25, 0.3) is 0 Å². The molecule has 9 heteroatoms. The Morgan fingerprint density at radius 2 is 1.96 bits per heavy atom. The highest BCUT2D eigenvalue weighted by Gasteiger charge is 2.19. The quantitative estimate of drug-likeness (QED) is 0.568. The van der Waals surface area contributed by atoms with Gasteiger partial charge in [-0.3, -0.25) is 4.79 Å². The zero-order valence-electron chi connectivity index (χ0n) is 13.5. The van der Waals surface area contributed by atoms with E-state index in [9.17, 15) is 18.0 Å². The number of carbonyl (C=O) groups is 2. The second-order valence-electron chi connectivity index (χ2n) is 5.41. The first-order chi connectivity index (χ1) is 11.7. The van der Waals surface area contributed by atoms with Gasteiger partial charge in [-0.05, 0) is 44.2 Å². The number of hydrogen-bond donors (Lipinski definition) is 1. The summed E-state index contributed by atoms with van der Waals surface area (Å²) in [6.07, 6.45) is 0. The zero-order chi connectivity index (χ0) is 18.6. The lowest BCUT2D eigenvalue weighted by atomic mass is 10.2. The highest BCUT2D eigenvalue weighted by molar-refractivity contribution is 7.89. The van der Waals surface area contributed by atoms with Gasteiger partial charge in [0.15, 0.2) is 6.61 Å². The van der Waals surface area contributed by atoms with Crippen molar-refractivity contribution in [1.29, 1.82) is 0 Å². The summed E-state index contributed by atoms with van der Waals surface area (Å²) in [6.45, 7) is 2.94. The molecule has 0 amide bonds. The molecule has 0 saturated carbocycles.